The second-order valence-electron chi connectivity index (χ2n) is 28.0. The Bertz CT molecular complexity index is 3500. The second-order valence-corrected chi connectivity index (χ2v) is 28.0. The number of para-hydroxylation sites is 2. The van der Waals surface area contributed by atoms with Crippen molar-refractivity contribution in [2.45, 2.75) is 182 Å². The zero-order valence-electron chi connectivity index (χ0n) is 48.5. The van der Waals surface area contributed by atoms with Gasteiger partial charge in [0.15, 0.2) is 0 Å². The largest absolute Gasteiger partial charge is 0.333 e. The van der Waals surface area contributed by atoms with Crippen LogP contribution < -0.4 is 0 Å². The van der Waals surface area contributed by atoms with E-state index >= 15 is 0 Å². The number of imidazole rings is 2. The minimum Gasteiger partial charge on any atom is -0.333 e. The van der Waals surface area contributed by atoms with Crippen molar-refractivity contribution in [1.29, 1.82) is 0 Å². The monoisotopic (exact) mass is 1220 g/mol. The molecule has 0 bridgehead atoms. The standard InChI is InChI=1S/C37H42N2.C37H41N2.Ir/c2*1-36(2)20-16-25(17-21-36)27-13-9-14-28(26-18-22-37(3,4)23-19-26)34(27)33-24-38-35-31-12-6-5-10-29(31)30-11-7-8-15-32(30)39(33)35;/h5-15,24-26H,16-23H2,1-4H3;5-11,13-15,24-26H,16-23H2,1-4H3;/q;-1;. The Hall–Kier alpha value is -5.61. The molecule has 0 amide bonds. The van der Waals surface area contributed by atoms with Gasteiger partial charge in [0, 0.05) is 53.7 Å². The van der Waals surface area contributed by atoms with Gasteiger partial charge in [-0.2, -0.15) is 0 Å². The van der Waals surface area contributed by atoms with Crippen molar-refractivity contribution >= 4 is 54.6 Å². The summed E-state index contributed by atoms with van der Waals surface area (Å²) in [5.74, 6) is 2.45. The molecule has 4 aliphatic rings. The Morgan fingerprint density at radius 2 is 0.696 bits per heavy atom. The summed E-state index contributed by atoms with van der Waals surface area (Å²) in [5, 5.41) is 7.44. The first-order chi connectivity index (χ1) is 37.6. The average molecular weight is 1220 g/mol. The minimum atomic E-state index is 0. The molecule has 5 heteroatoms. The third-order valence-corrected chi connectivity index (χ3v) is 20.5. The van der Waals surface area contributed by atoms with Crippen LogP contribution in [-0.4, -0.2) is 18.8 Å². The zero-order chi connectivity index (χ0) is 53.6. The number of benzene rings is 6. The molecule has 0 spiro atoms. The maximum Gasteiger partial charge on any atom is 0.145 e. The SMILES string of the molecule is CC1(C)CCC(c2cccc(C3CCC(C)(C)CC3)c2-c2cnc3c4[c-]cccc4c4ccccc4n23)CC1.CC1(C)CCC(c2cccc(C3CCC(C)(C)CC3)c2-c2cnc3c4ccccc4c4ccccc4n23)CC1.[Ir]. The molecule has 409 valence electrons. The summed E-state index contributed by atoms with van der Waals surface area (Å²) >= 11 is 0. The van der Waals surface area contributed by atoms with Gasteiger partial charge in [-0.3, -0.25) is 9.38 Å². The van der Waals surface area contributed by atoms with Crippen LogP contribution in [0.4, 0.5) is 0 Å². The zero-order valence-corrected chi connectivity index (χ0v) is 50.9. The van der Waals surface area contributed by atoms with Crippen molar-refractivity contribution in [3.05, 3.63) is 168 Å². The maximum atomic E-state index is 5.15. The maximum absolute atomic E-state index is 5.15. The van der Waals surface area contributed by atoms with E-state index in [4.69, 9.17) is 9.97 Å². The molecule has 4 fully saturated rings. The summed E-state index contributed by atoms with van der Waals surface area (Å²) < 4.78 is 4.94. The van der Waals surface area contributed by atoms with Crippen LogP contribution >= 0.6 is 0 Å². The molecular formula is C74H83IrN4-. The van der Waals surface area contributed by atoms with Crippen LogP contribution in [-0.2, 0) is 20.1 Å². The van der Waals surface area contributed by atoms with Crippen molar-refractivity contribution in [2.24, 2.45) is 21.7 Å². The van der Waals surface area contributed by atoms with E-state index < -0.39 is 0 Å². The van der Waals surface area contributed by atoms with Crippen molar-refractivity contribution in [3.63, 3.8) is 0 Å². The molecule has 4 nitrogen and oxygen atoms in total. The molecule has 4 saturated carbocycles. The predicted octanol–water partition coefficient (Wildman–Crippen LogP) is 21.1. The Morgan fingerprint density at radius 3 is 1.11 bits per heavy atom. The Balaban J connectivity index is 0.000000156. The fraction of sp³-hybridized carbons (Fsp3) is 0.432. The van der Waals surface area contributed by atoms with Gasteiger partial charge in [-0.25, -0.2) is 4.98 Å². The summed E-state index contributed by atoms with van der Waals surface area (Å²) in [5.41, 5.74) is 18.2. The van der Waals surface area contributed by atoms with Gasteiger partial charge in [0.25, 0.3) is 0 Å². The molecular weight excluding hydrogens is 1140 g/mol. The molecule has 0 aliphatic heterocycles. The van der Waals surface area contributed by atoms with Gasteiger partial charge < -0.3 is 4.40 Å². The van der Waals surface area contributed by atoms with Crippen LogP contribution in [0.5, 0.6) is 0 Å². The van der Waals surface area contributed by atoms with Crippen molar-refractivity contribution in [1.82, 2.24) is 18.8 Å². The van der Waals surface area contributed by atoms with Crippen LogP contribution in [0.3, 0.4) is 0 Å². The molecule has 0 atom stereocenters. The first-order valence-electron chi connectivity index (χ1n) is 30.3. The minimum absolute atomic E-state index is 0. The van der Waals surface area contributed by atoms with Gasteiger partial charge in [-0.05, 0) is 193 Å². The number of rotatable bonds is 6. The first kappa shape index (κ1) is 54.0. The van der Waals surface area contributed by atoms with Crippen molar-refractivity contribution in [2.75, 3.05) is 0 Å². The van der Waals surface area contributed by atoms with E-state index in [1.807, 2.05) is 6.07 Å². The molecule has 0 saturated heterocycles. The van der Waals surface area contributed by atoms with Gasteiger partial charge in [0.2, 0.25) is 0 Å². The van der Waals surface area contributed by atoms with Crippen LogP contribution in [0.1, 0.15) is 204 Å². The predicted molar refractivity (Wildman–Crippen MR) is 330 cm³/mol. The Labute approximate surface area is 484 Å². The van der Waals surface area contributed by atoms with Crippen LogP contribution in [0.15, 0.2) is 140 Å². The van der Waals surface area contributed by atoms with Gasteiger partial charge in [0.1, 0.15) is 5.65 Å². The molecule has 0 unspecified atom stereocenters. The number of pyridine rings is 2. The molecule has 14 rings (SSSR count). The number of fused-ring (bicyclic) bond motifs is 12. The normalized spacial score (nSPS) is 19.9. The molecule has 4 aliphatic carbocycles. The second kappa shape index (κ2) is 21.0. The topological polar surface area (TPSA) is 34.6 Å². The van der Waals surface area contributed by atoms with E-state index in [-0.39, 0.29) is 20.1 Å². The molecule has 6 aromatic carbocycles. The van der Waals surface area contributed by atoms with Gasteiger partial charge in [0.05, 0.1) is 28.7 Å². The smallest absolute Gasteiger partial charge is 0.145 e. The van der Waals surface area contributed by atoms with E-state index in [0.717, 1.165) is 16.7 Å². The summed E-state index contributed by atoms with van der Waals surface area (Å²) in [7, 11) is 0. The third kappa shape index (κ3) is 10.1. The summed E-state index contributed by atoms with van der Waals surface area (Å²) in [6.07, 6.45) is 25.0. The summed E-state index contributed by atoms with van der Waals surface area (Å²) in [6.45, 7) is 19.6. The molecule has 4 aromatic heterocycles. The van der Waals surface area contributed by atoms with Crippen molar-refractivity contribution < 1.29 is 20.1 Å². The van der Waals surface area contributed by atoms with E-state index in [1.165, 1.54) is 163 Å². The molecule has 79 heavy (non-hydrogen) atoms. The number of hydrogen-bond donors (Lipinski definition) is 0. The van der Waals surface area contributed by atoms with E-state index in [1.54, 1.807) is 22.3 Å². The fourth-order valence-electron chi connectivity index (χ4n) is 15.4. The first-order valence-corrected chi connectivity index (χ1v) is 30.3. The molecule has 10 aromatic rings. The number of hydrogen-bond acceptors (Lipinski definition) is 2. The number of aromatic nitrogens is 4. The van der Waals surface area contributed by atoms with Crippen LogP contribution in [0, 0.1) is 27.7 Å². The Morgan fingerprint density at radius 1 is 0.367 bits per heavy atom. The van der Waals surface area contributed by atoms with E-state index in [0.29, 0.717) is 45.3 Å². The van der Waals surface area contributed by atoms with Crippen molar-refractivity contribution in [3.8, 4) is 22.5 Å². The third-order valence-electron chi connectivity index (χ3n) is 20.5. The summed E-state index contributed by atoms with van der Waals surface area (Å²) in [6, 6.07) is 51.0. The Kier molecular flexibility index (Phi) is 14.4. The van der Waals surface area contributed by atoms with Gasteiger partial charge >= 0.3 is 0 Å². The van der Waals surface area contributed by atoms with Crippen LogP contribution in [0.2, 0.25) is 0 Å². The van der Waals surface area contributed by atoms with Crippen LogP contribution in [0.25, 0.3) is 77.2 Å². The van der Waals surface area contributed by atoms with Gasteiger partial charge in [-0.1, -0.05) is 158 Å². The molecule has 0 N–H and O–H groups in total. The van der Waals surface area contributed by atoms with E-state index in [2.05, 4.69) is 204 Å². The average Bonchev–Trinajstić information content (AvgIpc) is 4.13. The summed E-state index contributed by atoms with van der Waals surface area (Å²) in [4.78, 5) is 10.3. The number of nitrogens with zero attached hydrogens (tertiary/aromatic N) is 4. The quantitative estimate of drug-likeness (QED) is 0.123. The molecule has 4 heterocycles. The van der Waals surface area contributed by atoms with E-state index in [9.17, 15) is 0 Å². The molecule has 1 radical (unpaired) electrons. The fourth-order valence-corrected chi connectivity index (χ4v) is 15.4. The van der Waals surface area contributed by atoms with Gasteiger partial charge in [-0.15, -0.1) is 29.7 Å².